The average molecular weight is 529 g/mol. The van der Waals surface area contributed by atoms with Crippen LogP contribution in [0.2, 0.25) is 10.0 Å². The summed E-state index contributed by atoms with van der Waals surface area (Å²) < 4.78 is 10.5. The van der Waals surface area contributed by atoms with Crippen LogP contribution in [0.4, 0.5) is 5.69 Å². The molecule has 0 amide bonds. The van der Waals surface area contributed by atoms with Crippen LogP contribution >= 0.6 is 23.2 Å². The number of methoxy groups -OCH3 is 2. The maximum Gasteiger partial charge on any atom is 0.308 e. The Morgan fingerprint density at radius 2 is 1.67 bits per heavy atom. The lowest BCUT2D eigenvalue weighted by atomic mass is 9.85. The van der Waals surface area contributed by atoms with Crippen molar-refractivity contribution in [3.63, 3.8) is 0 Å². The first-order valence-electron chi connectivity index (χ1n) is 11.8. The molecule has 1 aliphatic carbocycles. The lowest BCUT2D eigenvalue weighted by molar-refractivity contribution is -0.146. The number of esters is 1. The van der Waals surface area contributed by atoms with E-state index >= 15 is 0 Å². The smallest absolute Gasteiger partial charge is 0.308 e. The summed E-state index contributed by atoms with van der Waals surface area (Å²) >= 11 is 13.3. The van der Waals surface area contributed by atoms with Gasteiger partial charge in [0.15, 0.2) is 0 Å². The van der Waals surface area contributed by atoms with Crippen molar-refractivity contribution in [3.8, 4) is 28.3 Å². The van der Waals surface area contributed by atoms with Gasteiger partial charge in [-0.05, 0) is 38.8 Å². The molecule has 3 aromatic rings. The number of hydrogen-bond donors (Lipinski definition) is 1. The van der Waals surface area contributed by atoms with Gasteiger partial charge in [0.2, 0.25) is 5.88 Å². The second kappa shape index (κ2) is 11.5. The molecule has 0 saturated heterocycles. The first kappa shape index (κ1) is 26.2. The van der Waals surface area contributed by atoms with Gasteiger partial charge in [0, 0.05) is 29.3 Å². The molecule has 1 saturated carbocycles. The third-order valence-corrected chi connectivity index (χ3v) is 7.68. The van der Waals surface area contributed by atoms with Gasteiger partial charge in [-0.1, -0.05) is 53.5 Å². The van der Waals surface area contributed by atoms with Crippen LogP contribution in [0.5, 0.6) is 5.88 Å². The Morgan fingerprint density at radius 3 is 2.33 bits per heavy atom. The fourth-order valence-corrected chi connectivity index (χ4v) is 5.33. The van der Waals surface area contributed by atoms with Gasteiger partial charge >= 0.3 is 5.97 Å². The molecule has 1 heterocycles. The Morgan fingerprint density at radius 1 is 1.03 bits per heavy atom. The van der Waals surface area contributed by atoms with Crippen LogP contribution < -0.4 is 10.5 Å². The second-order valence-electron chi connectivity index (χ2n) is 9.03. The number of carbonyl (C=O) groups excluding carboxylic acids is 1. The zero-order valence-electron chi connectivity index (χ0n) is 20.6. The Bertz CT molecular complexity index is 1250. The molecular formula is C27H30Cl2N4O3. The third kappa shape index (κ3) is 5.43. The van der Waals surface area contributed by atoms with Crippen molar-refractivity contribution >= 4 is 34.9 Å². The molecule has 1 aliphatic rings. The highest BCUT2D eigenvalue weighted by Crippen LogP contribution is 2.40. The first-order valence-corrected chi connectivity index (χ1v) is 12.6. The van der Waals surface area contributed by atoms with Gasteiger partial charge in [-0.2, -0.15) is 0 Å². The molecule has 7 nitrogen and oxygen atoms in total. The number of hydrogen-bond acceptors (Lipinski definition) is 7. The predicted molar refractivity (Wildman–Crippen MR) is 143 cm³/mol. The summed E-state index contributed by atoms with van der Waals surface area (Å²) in [7, 11) is 5.10. The molecule has 2 N–H and O–H groups in total. The van der Waals surface area contributed by atoms with Gasteiger partial charge in [0.05, 0.1) is 47.8 Å². The largest absolute Gasteiger partial charge is 0.480 e. The summed E-state index contributed by atoms with van der Waals surface area (Å²) in [6, 6.07) is 11.5. The molecule has 9 heteroatoms. The van der Waals surface area contributed by atoms with Crippen LogP contribution in [0.1, 0.15) is 31.4 Å². The fraction of sp³-hybridized carbons (Fsp3) is 0.370. The first-order chi connectivity index (χ1) is 17.3. The quantitative estimate of drug-likeness (QED) is 0.302. The summed E-state index contributed by atoms with van der Waals surface area (Å²) in [4.78, 5) is 23.5. The van der Waals surface area contributed by atoms with Crippen LogP contribution in [-0.4, -0.2) is 48.1 Å². The summed E-state index contributed by atoms with van der Waals surface area (Å²) in [6.07, 6.45) is 5.23. The van der Waals surface area contributed by atoms with Crippen LogP contribution in [-0.2, 0) is 16.1 Å². The number of halogens is 2. The summed E-state index contributed by atoms with van der Waals surface area (Å²) in [5, 5.41) is 0.966. The normalized spacial score (nSPS) is 17.7. The van der Waals surface area contributed by atoms with Crippen molar-refractivity contribution in [3.05, 3.63) is 58.3 Å². The predicted octanol–water partition coefficient (Wildman–Crippen LogP) is 5.87. The minimum absolute atomic E-state index is 0.00372. The van der Waals surface area contributed by atoms with E-state index in [1.165, 1.54) is 7.11 Å². The molecule has 4 rings (SSSR count). The SMILES string of the molecule is COC(=O)C1CCC(N(C)Cc2ncc(-c3cccc(-c4cccc(N)c4Cl)c3Cl)nc2OC)CC1. The highest BCUT2D eigenvalue weighted by atomic mass is 35.5. The molecular weight excluding hydrogens is 499 g/mol. The summed E-state index contributed by atoms with van der Waals surface area (Å²) in [5.41, 5.74) is 10.1. The molecule has 36 heavy (non-hydrogen) atoms. The van der Waals surface area contributed by atoms with E-state index in [1.807, 2.05) is 30.3 Å². The Kier molecular flexibility index (Phi) is 8.34. The van der Waals surface area contributed by atoms with Crippen molar-refractivity contribution in [2.75, 3.05) is 27.0 Å². The van der Waals surface area contributed by atoms with Crippen molar-refractivity contribution in [2.24, 2.45) is 5.92 Å². The van der Waals surface area contributed by atoms with Crippen molar-refractivity contribution in [2.45, 2.75) is 38.3 Å². The number of benzene rings is 2. The van der Waals surface area contributed by atoms with E-state index in [9.17, 15) is 4.79 Å². The van der Waals surface area contributed by atoms with E-state index in [1.54, 1.807) is 19.4 Å². The number of rotatable bonds is 7. The molecule has 0 spiro atoms. The monoisotopic (exact) mass is 528 g/mol. The van der Waals surface area contributed by atoms with Gasteiger partial charge in [-0.25, -0.2) is 4.98 Å². The molecule has 0 radical (unpaired) electrons. The number of nitrogens with two attached hydrogens (primary N) is 1. The Labute approximate surface area is 221 Å². The highest BCUT2D eigenvalue weighted by molar-refractivity contribution is 6.39. The second-order valence-corrected chi connectivity index (χ2v) is 9.79. The fourth-order valence-electron chi connectivity index (χ4n) is 4.78. The Hall–Kier alpha value is -2.87. The highest BCUT2D eigenvalue weighted by Gasteiger charge is 2.29. The van der Waals surface area contributed by atoms with Crippen molar-refractivity contribution < 1.29 is 14.3 Å². The minimum atomic E-state index is -0.111. The topological polar surface area (TPSA) is 90.6 Å². The molecule has 0 atom stereocenters. The standard InChI is InChI=1S/C27H30Cl2N4O3/c1-33(17-12-10-16(11-13-17)27(34)36-3)15-23-26(35-2)32-22(14-31-23)20-8-4-6-18(24(20)28)19-7-5-9-21(30)25(19)29/h4-9,14,16-17H,10-13,15,30H2,1-3H3. The number of nitrogens with zero attached hydrogens (tertiary/aromatic N) is 3. The van der Waals surface area contributed by atoms with E-state index in [-0.39, 0.29) is 11.9 Å². The van der Waals surface area contributed by atoms with E-state index in [0.717, 1.165) is 48.1 Å². The van der Waals surface area contributed by atoms with E-state index in [2.05, 4.69) is 16.9 Å². The summed E-state index contributed by atoms with van der Waals surface area (Å²) in [5.74, 6) is 0.335. The molecule has 0 unspecified atom stereocenters. The Balaban J connectivity index is 1.55. The summed E-state index contributed by atoms with van der Waals surface area (Å²) in [6.45, 7) is 0.580. The number of anilines is 1. The molecule has 2 aromatic carbocycles. The van der Waals surface area contributed by atoms with Crippen LogP contribution in [0.15, 0.2) is 42.6 Å². The lowest BCUT2D eigenvalue weighted by Crippen LogP contribution is -2.36. The van der Waals surface area contributed by atoms with Gasteiger partial charge in [-0.3, -0.25) is 14.7 Å². The van der Waals surface area contributed by atoms with Crippen LogP contribution in [0.25, 0.3) is 22.4 Å². The maximum atomic E-state index is 11.8. The van der Waals surface area contributed by atoms with Gasteiger partial charge in [-0.15, -0.1) is 0 Å². The zero-order valence-corrected chi connectivity index (χ0v) is 22.1. The average Bonchev–Trinajstić information content (AvgIpc) is 2.90. The molecule has 0 bridgehead atoms. The van der Waals surface area contributed by atoms with E-state index < -0.39 is 0 Å². The number of aromatic nitrogens is 2. The molecule has 1 aromatic heterocycles. The van der Waals surface area contributed by atoms with Crippen LogP contribution in [0, 0.1) is 5.92 Å². The molecule has 1 fully saturated rings. The molecule has 0 aliphatic heterocycles. The maximum absolute atomic E-state index is 11.8. The van der Waals surface area contributed by atoms with Crippen molar-refractivity contribution in [1.29, 1.82) is 0 Å². The van der Waals surface area contributed by atoms with Gasteiger partial charge in [0.1, 0.15) is 5.69 Å². The number of ether oxygens (including phenoxy) is 2. The van der Waals surface area contributed by atoms with Crippen molar-refractivity contribution in [1.82, 2.24) is 14.9 Å². The number of nitrogen functional groups attached to an aromatic ring is 1. The lowest BCUT2D eigenvalue weighted by Gasteiger charge is -2.33. The van der Waals surface area contributed by atoms with E-state index in [4.69, 9.17) is 43.4 Å². The zero-order chi connectivity index (χ0) is 25.8. The van der Waals surface area contributed by atoms with Gasteiger partial charge in [0.25, 0.3) is 0 Å². The number of carbonyl (C=O) groups is 1. The van der Waals surface area contributed by atoms with E-state index in [0.29, 0.717) is 39.9 Å². The van der Waals surface area contributed by atoms with Crippen LogP contribution in [0.3, 0.4) is 0 Å². The molecule has 190 valence electrons. The third-order valence-electron chi connectivity index (χ3n) is 6.85. The van der Waals surface area contributed by atoms with Gasteiger partial charge < -0.3 is 15.2 Å². The minimum Gasteiger partial charge on any atom is -0.480 e.